The van der Waals surface area contributed by atoms with E-state index in [1.54, 1.807) is 0 Å². The number of hydrogen-bond acceptors (Lipinski definition) is 4. The summed E-state index contributed by atoms with van der Waals surface area (Å²) < 4.78 is 13.1. The summed E-state index contributed by atoms with van der Waals surface area (Å²) in [5, 5.41) is 0.132. The molecule has 2 aliphatic rings. The van der Waals surface area contributed by atoms with E-state index in [0.717, 1.165) is 11.3 Å². The van der Waals surface area contributed by atoms with Crippen molar-refractivity contribution in [3.63, 3.8) is 0 Å². The second-order valence-electron chi connectivity index (χ2n) is 11.6. The van der Waals surface area contributed by atoms with Crippen LogP contribution in [0.25, 0.3) is 0 Å². The van der Waals surface area contributed by atoms with Gasteiger partial charge in [0, 0.05) is 16.4 Å². The van der Waals surface area contributed by atoms with E-state index in [1.165, 1.54) is 0 Å². The molecule has 0 aliphatic carbocycles. The second kappa shape index (κ2) is 6.07. The lowest BCUT2D eigenvalue weighted by Gasteiger charge is -2.61. The van der Waals surface area contributed by atoms with Gasteiger partial charge in [-0.25, -0.2) is 4.89 Å². The number of ether oxygens (including phenoxy) is 1. The van der Waals surface area contributed by atoms with Gasteiger partial charge in [0.15, 0.2) is 5.60 Å². The average molecular weight is 407 g/mol. The van der Waals surface area contributed by atoms with Gasteiger partial charge in [0.25, 0.3) is 5.79 Å². The SMILES string of the molecule is C[C@H]1O[C@@]2(c3cccc(O[Si](C)(C)C(C)(C)C)c3)OO[C@@]2(C(C)(C)C)C1(C)C. The summed E-state index contributed by atoms with van der Waals surface area (Å²) in [7, 11) is -1.94. The highest BCUT2D eigenvalue weighted by atomic mass is 28.4. The van der Waals surface area contributed by atoms with Gasteiger partial charge in [-0.3, -0.25) is 0 Å². The van der Waals surface area contributed by atoms with E-state index in [9.17, 15) is 0 Å². The van der Waals surface area contributed by atoms with Crippen molar-refractivity contribution in [3.8, 4) is 5.75 Å². The highest BCUT2D eigenvalue weighted by Gasteiger charge is 2.83. The van der Waals surface area contributed by atoms with E-state index >= 15 is 0 Å². The predicted octanol–water partition coefficient (Wildman–Crippen LogP) is 6.42. The molecule has 0 unspecified atom stereocenters. The fourth-order valence-corrected chi connectivity index (χ4v) is 5.66. The van der Waals surface area contributed by atoms with Crippen LogP contribution in [0.3, 0.4) is 0 Å². The number of hydrogen-bond donors (Lipinski definition) is 0. The Hall–Kier alpha value is -0.883. The van der Waals surface area contributed by atoms with Crippen LogP contribution < -0.4 is 4.43 Å². The molecule has 2 heterocycles. The van der Waals surface area contributed by atoms with Crippen LogP contribution in [0.2, 0.25) is 18.1 Å². The molecule has 0 amide bonds. The summed E-state index contributed by atoms with van der Waals surface area (Å²) in [5.41, 5.74) is -0.0419. The topological polar surface area (TPSA) is 36.9 Å². The predicted molar refractivity (Wildman–Crippen MR) is 115 cm³/mol. The van der Waals surface area contributed by atoms with Crippen LogP contribution in [0.4, 0.5) is 0 Å². The molecule has 1 aromatic carbocycles. The summed E-state index contributed by atoms with van der Waals surface area (Å²) in [6.45, 7) is 24.4. The largest absolute Gasteiger partial charge is 0.543 e. The lowest BCUT2D eigenvalue weighted by molar-refractivity contribution is -0.627. The molecule has 2 saturated heterocycles. The van der Waals surface area contributed by atoms with Gasteiger partial charge >= 0.3 is 0 Å². The molecule has 2 fully saturated rings. The second-order valence-corrected chi connectivity index (χ2v) is 16.3. The molecule has 3 rings (SSSR count). The third-order valence-corrected chi connectivity index (χ3v) is 11.8. The van der Waals surface area contributed by atoms with E-state index in [0.29, 0.717) is 0 Å². The monoisotopic (exact) mass is 406 g/mol. The first-order valence-electron chi connectivity index (χ1n) is 10.4. The molecule has 158 valence electrons. The Kier molecular flexibility index (Phi) is 4.73. The van der Waals surface area contributed by atoms with Crippen LogP contribution in [0.5, 0.6) is 5.75 Å². The van der Waals surface area contributed by atoms with E-state index in [-0.39, 0.29) is 22.0 Å². The lowest BCUT2D eigenvalue weighted by atomic mass is 9.56. The first-order chi connectivity index (χ1) is 12.5. The lowest BCUT2D eigenvalue weighted by Crippen LogP contribution is -2.73. The Morgan fingerprint density at radius 1 is 1.00 bits per heavy atom. The summed E-state index contributed by atoms with van der Waals surface area (Å²) in [6.07, 6.45) is -0.0146. The quantitative estimate of drug-likeness (QED) is 0.429. The van der Waals surface area contributed by atoms with Gasteiger partial charge in [-0.05, 0) is 37.2 Å². The molecule has 0 saturated carbocycles. The molecule has 5 heteroatoms. The van der Waals surface area contributed by atoms with Crippen molar-refractivity contribution in [2.24, 2.45) is 10.8 Å². The van der Waals surface area contributed by atoms with Crippen LogP contribution in [0.1, 0.15) is 67.9 Å². The minimum atomic E-state index is -1.94. The fraction of sp³-hybridized carbons (Fsp3) is 0.739. The van der Waals surface area contributed by atoms with Crippen molar-refractivity contribution < 1.29 is 18.9 Å². The molecule has 1 aromatic rings. The Morgan fingerprint density at radius 2 is 1.61 bits per heavy atom. The Bertz CT molecular complexity index is 759. The minimum Gasteiger partial charge on any atom is -0.543 e. The summed E-state index contributed by atoms with van der Waals surface area (Å²) in [6, 6.07) is 8.21. The molecule has 2 aliphatic heterocycles. The maximum atomic E-state index is 6.56. The van der Waals surface area contributed by atoms with Crippen LogP contribution in [0, 0.1) is 10.8 Å². The minimum absolute atomic E-state index is 0.0146. The molecule has 0 spiro atoms. The third-order valence-electron chi connectivity index (χ3n) is 7.46. The standard InChI is InChI=1S/C23H38O4Si/c1-16-21(8,9)23(19(2,3)4)22(24-16,26-27-23)17-13-12-14-18(15-17)25-28(10,11)20(5,6)7/h12-16H,1-11H3/t16-,22+,23+/m1/s1. The van der Waals surface area contributed by atoms with E-state index in [1.807, 2.05) is 12.1 Å². The zero-order chi connectivity index (χ0) is 21.4. The van der Waals surface area contributed by atoms with Crippen molar-refractivity contribution in [1.29, 1.82) is 0 Å². The zero-order valence-electron chi connectivity index (χ0n) is 19.5. The Labute approximate surface area is 172 Å². The molecule has 0 aromatic heterocycles. The molecule has 0 N–H and O–H groups in total. The van der Waals surface area contributed by atoms with Gasteiger partial charge in [0.2, 0.25) is 8.32 Å². The highest BCUT2D eigenvalue weighted by Crippen LogP contribution is 2.71. The first-order valence-corrected chi connectivity index (χ1v) is 13.3. The van der Waals surface area contributed by atoms with Crippen molar-refractivity contribution in [3.05, 3.63) is 29.8 Å². The van der Waals surface area contributed by atoms with Crippen LogP contribution in [-0.2, 0) is 20.3 Å². The summed E-state index contributed by atoms with van der Waals surface area (Å²) in [4.78, 5) is 11.8. The normalized spacial score (nSPS) is 32.6. The number of fused-ring (bicyclic) bond motifs is 1. The van der Waals surface area contributed by atoms with Crippen LogP contribution in [0.15, 0.2) is 24.3 Å². The molecular weight excluding hydrogens is 368 g/mol. The maximum absolute atomic E-state index is 6.56. The van der Waals surface area contributed by atoms with Crippen LogP contribution >= 0.6 is 0 Å². The Morgan fingerprint density at radius 3 is 2.07 bits per heavy atom. The maximum Gasteiger partial charge on any atom is 0.261 e. The van der Waals surface area contributed by atoms with Crippen molar-refractivity contribution in [1.82, 2.24) is 0 Å². The van der Waals surface area contributed by atoms with Crippen LogP contribution in [-0.4, -0.2) is 20.0 Å². The smallest absolute Gasteiger partial charge is 0.261 e. The summed E-state index contributed by atoms with van der Waals surface area (Å²) >= 11 is 0. The van der Waals surface area contributed by atoms with Gasteiger partial charge in [0.1, 0.15) is 5.75 Å². The molecular formula is C23H38O4Si. The van der Waals surface area contributed by atoms with Gasteiger partial charge < -0.3 is 9.16 Å². The number of benzene rings is 1. The highest BCUT2D eigenvalue weighted by molar-refractivity contribution is 6.74. The first kappa shape index (κ1) is 21.8. The van der Waals surface area contributed by atoms with Crippen molar-refractivity contribution in [2.45, 2.75) is 97.9 Å². The van der Waals surface area contributed by atoms with Gasteiger partial charge in [0.05, 0.1) is 6.10 Å². The average Bonchev–Trinajstić information content (AvgIpc) is 2.59. The third kappa shape index (κ3) is 2.66. The van der Waals surface area contributed by atoms with Gasteiger partial charge in [-0.15, -0.1) is 0 Å². The number of rotatable bonds is 3. The van der Waals surface area contributed by atoms with Gasteiger partial charge in [-0.2, -0.15) is 4.89 Å². The molecule has 3 atom stereocenters. The van der Waals surface area contributed by atoms with E-state index in [4.69, 9.17) is 18.9 Å². The molecule has 0 bridgehead atoms. The molecule has 28 heavy (non-hydrogen) atoms. The van der Waals surface area contributed by atoms with Gasteiger partial charge in [-0.1, -0.05) is 67.5 Å². The van der Waals surface area contributed by atoms with E-state index in [2.05, 4.69) is 87.5 Å². The zero-order valence-corrected chi connectivity index (χ0v) is 20.5. The fourth-order valence-electron chi connectivity index (χ4n) is 4.63. The van der Waals surface area contributed by atoms with Crippen molar-refractivity contribution in [2.75, 3.05) is 0 Å². The Balaban J connectivity index is 2.07. The van der Waals surface area contributed by atoms with E-state index < -0.39 is 19.7 Å². The van der Waals surface area contributed by atoms with Crippen molar-refractivity contribution >= 4 is 8.32 Å². The molecule has 0 radical (unpaired) electrons. The molecule has 4 nitrogen and oxygen atoms in total. The summed E-state index contributed by atoms with van der Waals surface area (Å²) in [5.74, 6) is -0.0567.